The molecule has 1 aliphatic heterocycles. The summed E-state index contributed by atoms with van der Waals surface area (Å²) in [5.41, 5.74) is 1.22. The highest BCUT2D eigenvalue weighted by Gasteiger charge is 2.20. The van der Waals surface area contributed by atoms with Crippen LogP contribution in [0, 0.1) is 0 Å². The van der Waals surface area contributed by atoms with Crippen molar-refractivity contribution >= 4 is 0 Å². The molecule has 1 fully saturated rings. The van der Waals surface area contributed by atoms with Gasteiger partial charge in [0, 0.05) is 6.42 Å². The van der Waals surface area contributed by atoms with Crippen molar-refractivity contribution in [1.82, 2.24) is 0 Å². The molecule has 0 spiro atoms. The highest BCUT2D eigenvalue weighted by Crippen LogP contribution is 2.30. The molecule has 12 heavy (non-hydrogen) atoms. The Balaban J connectivity index is 2.19. The van der Waals surface area contributed by atoms with Crippen LogP contribution in [0.4, 0.5) is 0 Å². The van der Waals surface area contributed by atoms with Crippen LogP contribution in [-0.4, -0.2) is 13.7 Å². The Bertz CT molecular complexity index is 266. The fraction of sp³-hybridized carbons (Fsp3) is 0.400. The molecule has 2 heteroatoms. The summed E-state index contributed by atoms with van der Waals surface area (Å²) in [4.78, 5) is 0. The Kier molecular flexibility index (Phi) is 2.00. The zero-order valence-corrected chi connectivity index (χ0v) is 7.12. The predicted molar refractivity (Wildman–Crippen MR) is 46.3 cm³/mol. The van der Waals surface area contributed by atoms with Gasteiger partial charge in [-0.3, -0.25) is 0 Å². The van der Waals surface area contributed by atoms with Gasteiger partial charge >= 0.3 is 0 Å². The van der Waals surface area contributed by atoms with Crippen LogP contribution in [0.2, 0.25) is 0 Å². The molecule has 0 bridgehead atoms. The monoisotopic (exact) mass is 164 g/mol. The zero-order chi connectivity index (χ0) is 8.39. The van der Waals surface area contributed by atoms with Gasteiger partial charge in [-0.1, -0.05) is 12.1 Å². The molecule has 1 aromatic rings. The van der Waals surface area contributed by atoms with Crippen molar-refractivity contribution in [3.05, 3.63) is 29.8 Å². The quantitative estimate of drug-likeness (QED) is 0.666. The molecule has 0 amide bonds. The molecule has 1 heterocycles. The molecule has 0 N–H and O–H groups in total. The standard InChI is InChI=1S/C10H12O2/c1-11-9-4-2-3-8(7-9)10-5-6-12-10/h2-4,7,10H,5-6H2,1H3. The fourth-order valence-corrected chi connectivity index (χ4v) is 1.34. The van der Waals surface area contributed by atoms with Crippen molar-refractivity contribution < 1.29 is 9.47 Å². The lowest BCUT2D eigenvalue weighted by Crippen LogP contribution is -2.17. The van der Waals surface area contributed by atoms with Gasteiger partial charge in [-0.25, -0.2) is 0 Å². The van der Waals surface area contributed by atoms with E-state index in [-0.39, 0.29) is 0 Å². The van der Waals surface area contributed by atoms with Crippen molar-refractivity contribution in [2.45, 2.75) is 12.5 Å². The van der Waals surface area contributed by atoms with E-state index in [4.69, 9.17) is 9.47 Å². The van der Waals surface area contributed by atoms with Crippen LogP contribution in [0.3, 0.4) is 0 Å². The van der Waals surface area contributed by atoms with E-state index in [2.05, 4.69) is 6.07 Å². The van der Waals surface area contributed by atoms with Gasteiger partial charge in [0.2, 0.25) is 0 Å². The number of methoxy groups -OCH3 is 1. The van der Waals surface area contributed by atoms with E-state index in [9.17, 15) is 0 Å². The molecule has 1 unspecified atom stereocenters. The van der Waals surface area contributed by atoms with Gasteiger partial charge in [0.05, 0.1) is 19.8 Å². The smallest absolute Gasteiger partial charge is 0.119 e. The number of hydrogen-bond acceptors (Lipinski definition) is 2. The predicted octanol–water partition coefficient (Wildman–Crippen LogP) is 2.16. The molecule has 64 valence electrons. The molecule has 0 aliphatic carbocycles. The molecule has 1 saturated heterocycles. The third-order valence-electron chi connectivity index (χ3n) is 2.16. The van der Waals surface area contributed by atoms with Gasteiger partial charge in [-0.05, 0) is 17.7 Å². The molecular formula is C10H12O2. The molecule has 0 aromatic heterocycles. The van der Waals surface area contributed by atoms with Gasteiger partial charge in [-0.2, -0.15) is 0 Å². The second kappa shape index (κ2) is 3.15. The first-order valence-corrected chi connectivity index (χ1v) is 4.16. The molecular weight excluding hydrogens is 152 g/mol. The summed E-state index contributed by atoms with van der Waals surface area (Å²) >= 11 is 0. The molecule has 1 aromatic carbocycles. The number of benzene rings is 1. The second-order valence-corrected chi connectivity index (χ2v) is 2.92. The van der Waals surface area contributed by atoms with Gasteiger partial charge in [-0.15, -0.1) is 0 Å². The summed E-state index contributed by atoms with van der Waals surface area (Å²) in [6, 6.07) is 8.05. The third-order valence-corrected chi connectivity index (χ3v) is 2.16. The van der Waals surface area contributed by atoms with Crippen molar-refractivity contribution in [2.24, 2.45) is 0 Å². The Morgan fingerprint density at radius 1 is 1.50 bits per heavy atom. The molecule has 1 aliphatic rings. The summed E-state index contributed by atoms with van der Waals surface area (Å²) < 4.78 is 10.5. The van der Waals surface area contributed by atoms with E-state index in [0.717, 1.165) is 18.8 Å². The average molecular weight is 164 g/mol. The van der Waals surface area contributed by atoms with E-state index in [1.165, 1.54) is 5.56 Å². The Labute approximate surface area is 72.1 Å². The minimum absolute atomic E-state index is 0.306. The maximum atomic E-state index is 5.36. The topological polar surface area (TPSA) is 18.5 Å². The summed E-state index contributed by atoms with van der Waals surface area (Å²) in [7, 11) is 1.68. The second-order valence-electron chi connectivity index (χ2n) is 2.92. The van der Waals surface area contributed by atoms with Crippen LogP contribution in [0.15, 0.2) is 24.3 Å². The highest BCUT2D eigenvalue weighted by atomic mass is 16.5. The average Bonchev–Trinajstić information content (AvgIpc) is 2.02. The molecule has 0 radical (unpaired) electrons. The van der Waals surface area contributed by atoms with E-state index < -0.39 is 0 Å². The SMILES string of the molecule is COc1cccc(C2CCO2)c1. The van der Waals surface area contributed by atoms with E-state index in [1.807, 2.05) is 18.2 Å². The van der Waals surface area contributed by atoms with Gasteiger partial charge in [0.15, 0.2) is 0 Å². The van der Waals surface area contributed by atoms with Crippen molar-refractivity contribution in [3.8, 4) is 5.75 Å². The number of hydrogen-bond donors (Lipinski definition) is 0. The van der Waals surface area contributed by atoms with Gasteiger partial charge in [0.1, 0.15) is 5.75 Å². The van der Waals surface area contributed by atoms with E-state index >= 15 is 0 Å². The molecule has 2 nitrogen and oxygen atoms in total. The lowest BCUT2D eigenvalue weighted by molar-refractivity contribution is -0.0527. The van der Waals surface area contributed by atoms with Crippen LogP contribution in [0.1, 0.15) is 18.1 Å². The molecule has 1 atom stereocenters. The van der Waals surface area contributed by atoms with E-state index in [1.54, 1.807) is 7.11 Å². The minimum atomic E-state index is 0.306. The van der Waals surface area contributed by atoms with Gasteiger partial charge in [0.25, 0.3) is 0 Å². The number of rotatable bonds is 2. The summed E-state index contributed by atoms with van der Waals surface area (Å²) in [6.45, 7) is 0.891. The summed E-state index contributed by atoms with van der Waals surface area (Å²) in [5, 5.41) is 0. The first-order chi connectivity index (χ1) is 5.90. The number of ether oxygens (including phenoxy) is 2. The van der Waals surface area contributed by atoms with Crippen LogP contribution >= 0.6 is 0 Å². The van der Waals surface area contributed by atoms with E-state index in [0.29, 0.717) is 6.10 Å². The fourth-order valence-electron chi connectivity index (χ4n) is 1.34. The Morgan fingerprint density at radius 2 is 2.33 bits per heavy atom. The summed E-state index contributed by atoms with van der Waals surface area (Å²) in [6.07, 6.45) is 1.44. The zero-order valence-electron chi connectivity index (χ0n) is 7.12. The lowest BCUT2D eigenvalue weighted by Gasteiger charge is -2.26. The van der Waals surface area contributed by atoms with Crippen LogP contribution in [0.25, 0.3) is 0 Å². The maximum Gasteiger partial charge on any atom is 0.119 e. The van der Waals surface area contributed by atoms with Gasteiger partial charge < -0.3 is 9.47 Å². The normalized spacial score (nSPS) is 21.6. The van der Waals surface area contributed by atoms with Crippen molar-refractivity contribution in [3.63, 3.8) is 0 Å². The maximum absolute atomic E-state index is 5.36. The first-order valence-electron chi connectivity index (χ1n) is 4.16. The first kappa shape index (κ1) is 7.62. The van der Waals surface area contributed by atoms with Crippen molar-refractivity contribution in [2.75, 3.05) is 13.7 Å². The summed E-state index contributed by atoms with van der Waals surface area (Å²) in [5.74, 6) is 0.906. The van der Waals surface area contributed by atoms with Crippen LogP contribution in [-0.2, 0) is 4.74 Å². The molecule has 0 saturated carbocycles. The Morgan fingerprint density at radius 3 is 2.92 bits per heavy atom. The molecule has 2 rings (SSSR count). The van der Waals surface area contributed by atoms with Crippen molar-refractivity contribution in [1.29, 1.82) is 0 Å². The highest BCUT2D eigenvalue weighted by molar-refractivity contribution is 5.30. The van der Waals surface area contributed by atoms with Crippen LogP contribution < -0.4 is 4.74 Å². The Hall–Kier alpha value is -1.02. The largest absolute Gasteiger partial charge is 0.497 e. The van der Waals surface area contributed by atoms with Crippen LogP contribution in [0.5, 0.6) is 5.75 Å². The third kappa shape index (κ3) is 1.30. The lowest BCUT2D eigenvalue weighted by atomic mass is 10.0. The minimum Gasteiger partial charge on any atom is -0.497 e.